The van der Waals surface area contributed by atoms with E-state index in [1.54, 1.807) is 0 Å². The van der Waals surface area contributed by atoms with Crippen LogP contribution in [0.25, 0.3) is 0 Å². The number of halogens is 6. The number of aliphatic hydroxyl groups is 1. The lowest BCUT2D eigenvalue weighted by atomic mass is 10.8. The van der Waals surface area contributed by atoms with Gasteiger partial charge in [-0.05, 0) is 11.4 Å². The minimum absolute atomic E-state index is 0.586. The second-order valence-corrected chi connectivity index (χ2v) is 13.3. The number of aliphatic hydroxyl groups excluding tert-OH is 1. The van der Waals surface area contributed by atoms with E-state index in [2.05, 4.69) is 0 Å². The predicted octanol–water partition coefficient (Wildman–Crippen LogP) is 5.24. The van der Waals surface area contributed by atoms with Crippen LogP contribution in [-0.4, -0.2) is 36.9 Å². The molecule has 2 atom stereocenters. The van der Waals surface area contributed by atoms with E-state index in [-0.39, 0.29) is 0 Å². The van der Waals surface area contributed by atoms with E-state index >= 15 is 0 Å². The summed E-state index contributed by atoms with van der Waals surface area (Å²) in [5, 5.41) is 9.67. The van der Waals surface area contributed by atoms with Crippen molar-refractivity contribution in [3.63, 3.8) is 0 Å². The molecule has 19 heavy (non-hydrogen) atoms. The maximum absolute atomic E-state index is 12.0. The summed E-state index contributed by atoms with van der Waals surface area (Å²) < 4.78 is 16.4. The van der Waals surface area contributed by atoms with E-state index in [1.165, 1.54) is 14.2 Å². The van der Waals surface area contributed by atoms with Gasteiger partial charge in [-0.25, -0.2) is 4.57 Å². The van der Waals surface area contributed by atoms with Gasteiger partial charge < -0.3 is 14.2 Å². The van der Waals surface area contributed by atoms with Gasteiger partial charge in [0.25, 0.3) is 0 Å². The summed E-state index contributed by atoms with van der Waals surface area (Å²) in [6.07, 6.45) is 0. The Morgan fingerprint density at radius 3 is 1.74 bits per heavy atom. The number of thioether (sulfide) groups is 1. The first-order valence-corrected chi connectivity index (χ1v) is 10.5. The van der Waals surface area contributed by atoms with E-state index in [1.807, 2.05) is 0 Å². The maximum atomic E-state index is 12.0. The van der Waals surface area contributed by atoms with Gasteiger partial charge in [-0.2, -0.15) is 0 Å². The van der Waals surface area contributed by atoms with Gasteiger partial charge in [-0.15, -0.1) is 11.8 Å². The van der Waals surface area contributed by atoms with E-state index in [9.17, 15) is 9.67 Å². The summed E-state index contributed by atoms with van der Waals surface area (Å²) in [5.41, 5.74) is -1.51. The molecular formula is C6H9Cl6O4PS2. The van der Waals surface area contributed by atoms with Gasteiger partial charge >= 0.3 is 6.80 Å². The van der Waals surface area contributed by atoms with Gasteiger partial charge in [0.15, 0.2) is 0 Å². The molecule has 13 heteroatoms. The second kappa shape index (κ2) is 8.42. The number of alkyl halides is 6. The summed E-state index contributed by atoms with van der Waals surface area (Å²) in [7, 11) is 2.34. The zero-order chi connectivity index (χ0) is 15.5. The molecule has 0 saturated carbocycles. The number of hydrogen-bond donors (Lipinski definition) is 1. The van der Waals surface area contributed by atoms with Crippen molar-refractivity contribution in [1.29, 1.82) is 0 Å². The highest BCUT2D eigenvalue weighted by molar-refractivity contribution is 8.58. The van der Waals surface area contributed by atoms with Crippen molar-refractivity contribution in [3.8, 4) is 0 Å². The van der Waals surface area contributed by atoms with Gasteiger partial charge in [0.1, 0.15) is 10.0 Å². The Balaban J connectivity index is 5.01. The molecular weight excluding hydrogens is 444 g/mol. The zero-order valence-electron chi connectivity index (χ0n) is 9.36. The molecule has 0 aliphatic heterocycles. The van der Waals surface area contributed by atoms with Gasteiger partial charge in [0.2, 0.25) is 7.59 Å². The molecule has 0 radical (unpaired) electrons. The predicted molar refractivity (Wildman–Crippen MR) is 87.2 cm³/mol. The number of hydrogen-bond acceptors (Lipinski definition) is 6. The van der Waals surface area contributed by atoms with Crippen LogP contribution in [0, 0.1) is 0 Å². The van der Waals surface area contributed by atoms with Crippen molar-refractivity contribution in [1.82, 2.24) is 0 Å². The van der Waals surface area contributed by atoms with Gasteiger partial charge in [-0.3, -0.25) is 0 Å². The Labute approximate surface area is 149 Å². The summed E-state index contributed by atoms with van der Waals surface area (Å²) in [5.74, 6) is 0. The largest absolute Gasteiger partial charge is 0.389 e. The minimum Gasteiger partial charge on any atom is -0.378 e. The van der Waals surface area contributed by atoms with E-state index < -0.39 is 24.4 Å². The molecule has 0 aliphatic carbocycles. The van der Waals surface area contributed by atoms with E-state index in [0.717, 1.165) is 0 Å². The quantitative estimate of drug-likeness (QED) is 0.338. The molecule has 0 rings (SSSR count). The minimum atomic E-state index is -3.54. The molecule has 0 saturated heterocycles. The van der Waals surface area contributed by atoms with Crippen molar-refractivity contribution < 1.29 is 18.7 Å². The van der Waals surface area contributed by atoms with E-state index in [4.69, 9.17) is 78.7 Å². The third-order valence-corrected chi connectivity index (χ3v) is 10.2. The van der Waals surface area contributed by atoms with Crippen molar-refractivity contribution in [2.45, 2.75) is 17.6 Å². The zero-order valence-corrected chi connectivity index (χ0v) is 16.4. The first-order chi connectivity index (χ1) is 8.35. The van der Waals surface area contributed by atoms with Crippen LogP contribution < -0.4 is 0 Å². The Bertz CT molecular complexity index is 327. The van der Waals surface area contributed by atoms with Crippen molar-refractivity contribution in [2.75, 3.05) is 14.2 Å². The SMILES string of the molecule is COP(=O)(OC)SC(SC(O)C(Cl)(Cl)Cl)C(Cl)(Cl)Cl. The Morgan fingerprint density at radius 1 is 1.05 bits per heavy atom. The third-order valence-electron chi connectivity index (χ3n) is 1.47. The molecule has 0 fully saturated rings. The maximum Gasteiger partial charge on any atom is 0.389 e. The smallest absolute Gasteiger partial charge is 0.378 e. The van der Waals surface area contributed by atoms with Crippen LogP contribution in [0.1, 0.15) is 0 Å². The average Bonchev–Trinajstić information content (AvgIpc) is 2.25. The molecule has 4 nitrogen and oxygen atoms in total. The molecule has 0 bridgehead atoms. The summed E-state index contributed by atoms with van der Waals surface area (Å²) in [4.78, 5) is 0. The first-order valence-electron chi connectivity index (χ1n) is 4.22. The van der Waals surface area contributed by atoms with Gasteiger partial charge in [0.05, 0.1) is 0 Å². The Hall–Kier alpha value is 2.55. The van der Waals surface area contributed by atoms with Crippen LogP contribution in [0.15, 0.2) is 0 Å². The van der Waals surface area contributed by atoms with Crippen LogP contribution in [0.5, 0.6) is 0 Å². The normalized spacial score (nSPS) is 17.3. The van der Waals surface area contributed by atoms with Crippen molar-refractivity contribution in [2.24, 2.45) is 0 Å². The molecule has 0 aliphatic rings. The summed E-state index contributed by atoms with van der Waals surface area (Å²) >= 11 is 34.9. The van der Waals surface area contributed by atoms with Gasteiger partial charge in [-0.1, -0.05) is 69.6 Å². The van der Waals surface area contributed by atoms with Crippen LogP contribution in [0.2, 0.25) is 0 Å². The van der Waals surface area contributed by atoms with Crippen LogP contribution >= 0.6 is 99.5 Å². The van der Waals surface area contributed by atoms with Crippen molar-refractivity contribution >= 4 is 99.5 Å². The second-order valence-electron chi connectivity index (χ2n) is 2.82. The lowest BCUT2D eigenvalue weighted by Crippen LogP contribution is -2.28. The Morgan fingerprint density at radius 2 is 1.47 bits per heavy atom. The molecule has 1 N–H and O–H groups in total. The van der Waals surface area contributed by atoms with Crippen molar-refractivity contribution in [3.05, 3.63) is 0 Å². The number of rotatable bonds is 6. The molecule has 2 unspecified atom stereocenters. The standard InChI is InChI=1S/C6H9Cl6O4PS2/c1-15-17(14,16-2)19-4(6(10,11)12)18-3(13)5(7,8)9/h3-4,13H,1-2H3. The van der Waals surface area contributed by atoms with Gasteiger partial charge in [0, 0.05) is 14.2 Å². The molecule has 0 aromatic heterocycles. The molecule has 116 valence electrons. The fourth-order valence-electron chi connectivity index (χ4n) is 0.634. The van der Waals surface area contributed by atoms with Crippen LogP contribution in [0.4, 0.5) is 0 Å². The van der Waals surface area contributed by atoms with E-state index in [0.29, 0.717) is 23.1 Å². The molecule has 0 spiro atoms. The topological polar surface area (TPSA) is 55.8 Å². The molecule has 0 amide bonds. The highest BCUT2D eigenvalue weighted by Crippen LogP contribution is 2.66. The average molecular weight is 453 g/mol. The molecule has 0 aromatic carbocycles. The highest BCUT2D eigenvalue weighted by Gasteiger charge is 2.45. The lowest BCUT2D eigenvalue weighted by Gasteiger charge is -2.29. The lowest BCUT2D eigenvalue weighted by molar-refractivity contribution is 0.268. The fraction of sp³-hybridized carbons (Fsp3) is 1.00. The van der Waals surface area contributed by atoms with Crippen LogP contribution in [0.3, 0.4) is 0 Å². The Kier molecular flexibility index (Phi) is 9.55. The molecule has 0 heterocycles. The highest BCUT2D eigenvalue weighted by atomic mass is 35.6. The first kappa shape index (κ1) is 21.6. The third kappa shape index (κ3) is 8.10. The summed E-state index contributed by atoms with van der Waals surface area (Å²) in [6.45, 7) is -3.54. The van der Waals surface area contributed by atoms with Crippen LogP contribution in [-0.2, 0) is 13.6 Å². The fourth-order valence-corrected chi connectivity index (χ4v) is 7.34. The monoisotopic (exact) mass is 450 g/mol. The molecule has 0 aromatic rings. The summed E-state index contributed by atoms with van der Waals surface area (Å²) in [6, 6.07) is 0.